The van der Waals surface area contributed by atoms with Crippen LogP contribution in [0.1, 0.15) is 34.6 Å². The molecule has 0 amide bonds. The van der Waals surface area contributed by atoms with Gasteiger partial charge in [0.05, 0.1) is 24.3 Å². The number of benzene rings is 1. The molecule has 3 rings (SSSR count). The smallest absolute Gasteiger partial charge is 0.339 e. The second-order valence-corrected chi connectivity index (χ2v) is 6.73. The largest absolute Gasteiger partial charge is 0.462 e. The highest BCUT2D eigenvalue weighted by Gasteiger charge is 2.32. The van der Waals surface area contributed by atoms with Gasteiger partial charge in [0.1, 0.15) is 0 Å². The number of halogens is 1. The molecular formula is C22H19BrO4. The van der Waals surface area contributed by atoms with E-state index in [0.717, 1.165) is 10.0 Å². The topological polar surface area (TPSA) is 52.6 Å². The Morgan fingerprint density at radius 1 is 0.778 bits per heavy atom. The quantitative estimate of drug-likeness (QED) is 0.500. The second-order valence-electron chi connectivity index (χ2n) is 5.81. The molecule has 138 valence electrons. The summed E-state index contributed by atoms with van der Waals surface area (Å²) in [5, 5.41) is 0. The van der Waals surface area contributed by atoms with Crippen LogP contribution in [0, 0.1) is 0 Å². The molecule has 1 aromatic rings. The molecule has 5 heteroatoms. The molecular weight excluding hydrogens is 408 g/mol. The number of fused-ring (bicyclic) bond motifs is 1. The number of esters is 2. The number of hydrogen-bond acceptors (Lipinski definition) is 4. The van der Waals surface area contributed by atoms with Crippen LogP contribution in [-0.2, 0) is 9.47 Å². The van der Waals surface area contributed by atoms with Crippen LogP contribution in [0.4, 0.5) is 0 Å². The third-order valence-corrected chi connectivity index (χ3v) is 4.70. The lowest BCUT2D eigenvalue weighted by Crippen LogP contribution is -2.08. The summed E-state index contributed by atoms with van der Waals surface area (Å²) in [6.45, 7) is 4.01. The molecule has 2 aliphatic rings. The van der Waals surface area contributed by atoms with E-state index in [2.05, 4.69) is 15.9 Å². The van der Waals surface area contributed by atoms with Crippen LogP contribution in [0.25, 0.3) is 22.3 Å². The molecule has 0 aliphatic heterocycles. The van der Waals surface area contributed by atoms with Crippen molar-refractivity contribution in [2.45, 2.75) is 13.8 Å². The Labute approximate surface area is 166 Å². The SMILES string of the molecule is CCOC(=O)c1c2ccc(Br)ccc-2c(C(=O)OCC)c1-c1ccccc1. The van der Waals surface area contributed by atoms with Crippen LogP contribution < -0.4 is 0 Å². The first-order valence-electron chi connectivity index (χ1n) is 8.73. The highest BCUT2D eigenvalue weighted by Crippen LogP contribution is 2.43. The summed E-state index contributed by atoms with van der Waals surface area (Å²) in [5.41, 5.74) is 3.38. The predicted molar refractivity (Wildman–Crippen MR) is 108 cm³/mol. The Balaban J connectivity index is 2.42. The van der Waals surface area contributed by atoms with Gasteiger partial charge in [-0.1, -0.05) is 58.4 Å². The highest BCUT2D eigenvalue weighted by molar-refractivity contribution is 9.10. The lowest BCUT2D eigenvalue weighted by Gasteiger charge is -2.08. The molecule has 0 bridgehead atoms. The molecule has 0 aromatic heterocycles. The van der Waals surface area contributed by atoms with Crippen molar-refractivity contribution in [2.75, 3.05) is 13.2 Å². The van der Waals surface area contributed by atoms with Crippen LogP contribution in [-0.4, -0.2) is 25.2 Å². The van der Waals surface area contributed by atoms with E-state index in [9.17, 15) is 9.59 Å². The second kappa shape index (κ2) is 8.35. The number of carbonyl (C=O) groups is 2. The third kappa shape index (κ3) is 3.74. The molecule has 0 saturated heterocycles. The van der Waals surface area contributed by atoms with Crippen LogP contribution in [0.5, 0.6) is 0 Å². The van der Waals surface area contributed by atoms with E-state index in [-0.39, 0.29) is 13.2 Å². The van der Waals surface area contributed by atoms with Gasteiger partial charge in [-0.15, -0.1) is 0 Å². The van der Waals surface area contributed by atoms with Gasteiger partial charge in [0.25, 0.3) is 0 Å². The molecule has 4 nitrogen and oxygen atoms in total. The van der Waals surface area contributed by atoms with Crippen molar-refractivity contribution in [1.29, 1.82) is 0 Å². The van der Waals surface area contributed by atoms with E-state index in [1.165, 1.54) is 0 Å². The first kappa shape index (κ1) is 19.1. The van der Waals surface area contributed by atoms with Crippen molar-refractivity contribution in [2.24, 2.45) is 0 Å². The Morgan fingerprint density at radius 2 is 1.26 bits per heavy atom. The number of rotatable bonds is 5. The van der Waals surface area contributed by atoms with E-state index in [1.807, 2.05) is 54.6 Å². The predicted octanol–water partition coefficient (Wildman–Crippen LogP) is 5.57. The maximum atomic E-state index is 12.8. The summed E-state index contributed by atoms with van der Waals surface area (Å²) >= 11 is 3.44. The number of hydrogen-bond donors (Lipinski definition) is 0. The van der Waals surface area contributed by atoms with Crippen LogP contribution in [0.2, 0.25) is 0 Å². The van der Waals surface area contributed by atoms with Gasteiger partial charge in [0.15, 0.2) is 0 Å². The fraction of sp³-hybridized carbons (Fsp3) is 0.182. The monoisotopic (exact) mass is 426 g/mol. The lowest BCUT2D eigenvalue weighted by molar-refractivity contribution is 0.0525. The van der Waals surface area contributed by atoms with Crippen molar-refractivity contribution in [3.63, 3.8) is 0 Å². The van der Waals surface area contributed by atoms with E-state index < -0.39 is 11.9 Å². The third-order valence-electron chi connectivity index (χ3n) is 4.17. The molecule has 0 radical (unpaired) electrons. The Hall–Kier alpha value is -2.66. The minimum Gasteiger partial charge on any atom is -0.462 e. The Morgan fingerprint density at radius 3 is 1.70 bits per heavy atom. The normalized spacial score (nSPS) is 10.6. The fourth-order valence-electron chi connectivity index (χ4n) is 3.12. The van der Waals surface area contributed by atoms with Crippen molar-refractivity contribution in [1.82, 2.24) is 0 Å². The van der Waals surface area contributed by atoms with Gasteiger partial charge in [-0.25, -0.2) is 9.59 Å². The van der Waals surface area contributed by atoms with E-state index in [1.54, 1.807) is 13.8 Å². The molecule has 1 aromatic carbocycles. The van der Waals surface area contributed by atoms with Gasteiger partial charge in [-0.05, 0) is 42.7 Å². The van der Waals surface area contributed by atoms with E-state index in [4.69, 9.17) is 9.47 Å². The zero-order chi connectivity index (χ0) is 19.4. The maximum Gasteiger partial charge on any atom is 0.339 e. The molecule has 2 aliphatic carbocycles. The molecule has 0 fully saturated rings. The molecule has 0 heterocycles. The lowest BCUT2D eigenvalue weighted by atomic mass is 10.00. The first-order valence-corrected chi connectivity index (χ1v) is 9.52. The van der Waals surface area contributed by atoms with Crippen LogP contribution in [0.15, 0.2) is 59.1 Å². The fourth-order valence-corrected chi connectivity index (χ4v) is 3.38. The summed E-state index contributed by atoms with van der Waals surface area (Å²) < 4.78 is 11.5. The van der Waals surface area contributed by atoms with Gasteiger partial charge in [0.2, 0.25) is 0 Å². The average molecular weight is 427 g/mol. The molecule has 0 atom stereocenters. The van der Waals surface area contributed by atoms with Crippen LogP contribution in [0.3, 0.4) is 0 Å². The summed E-state index contributed by atoms with van der Waals surface area (Å²) in [7, 11) is 0. The van der Waals surface area contributed by atoms with Crippen molar-refractivity contribution < 1.29 is 19.1 Å². The van der Waals surface area contributed by atoms with Crippen molar-refractivity contribution in [3.8, 4) is 22.3 Å². The van der Waals surface area contributed by atoms with E-state index in [0.29, 0.717) is 27.8 Å². The first-order chi connectivity index (χ1) is 13.1. The molecule has 0 saturated carbocycles. The van der Waals surface area contributed by atoms with Gasteiger partial charge >= 0.3 is 11.9 Å². The zero-order valence-corrected chi connectivity index (χ0v) is 16.7. The van der Waals surface area contributed by atoms with Gasteiger partial charge in [0, 0.05) is 10.0 Å². The molecule has 0 spiro atoms. The highest BCUT2D eigenvalue weighted by atomic mass is 79.9. The molecule has 0 N–H and O–H groups in total. The summed E-state index contributed by atoms with van der Waals surface area (Å²) in [6.07, 6.45) is 0. The zero-order valence-electron chi connectivity index (χ0n) is 15.1. The van der Waals surface area contributed by atoms with E-state index >= 15 is 0 Å². The van der Waals surface area contributed by atoms with Gasteiger partial charge < -0.3 is 9.47 Å². The molecule has 0 unspecified atom stereocenters. The molecule has 27 heavy (non-hydrogen) atoms. The van der Waals surface area contributed by atoms with Crippen molar-refractivity contribution in [3.05, 3.63) is 70.2 Å². The number of ether oxygens (including phenoxy) is 2. The Bertz CT molecular complexity index is 894. The van der Waals surface area contributed by atoms with Crippen molar-refractivity contribution >= 4 is 27.9 Å². The van der Waals surface area contributed by atoms with Crippen LogP contribution >= 0.6 is 15.9 Å². The van der Waals surface area contributed by atoms with Gasteiger partial charge in [-0.3, -0.25) is 0 Å². The minimum atomic E-state index is -0.459. The maximum absolute atomic E-state index is 12.8. The average Bonchev–Trinajstić information content (AvgIpc) is 2.88. The summed E-state index contributed by atoms with van der Waals surface area (Å²) in [4.78, 5) is 25.7. The Kier molecular flexibility index (Phi) is 5.91. The standard InChI is InChI=1S/C22H19BrO4/c1-3-26-21(24)19-16-12-10-15(23)11-13-17(16)20(22(25)27-4-2)18(19)14-8-6-5-7-9-14/h5-13H,3-4H2,1-2H3. The summed E-state index contributed by atoms with van der Waals surface area (Å²) in [6, 6.07) is 16.7. The minimum absolute atomic E-state index is 0.247. The number of carbonyl (C=O) groups excluding carboxylic acids is 2. The van der Waals surface area contributed by atoms with Gasteiger partial charge in [-0.2, -0.15) is 0 Å². The summed E-state index contributed by atoms with van der Waals surface area (Å²) in [5.74, 6) is -0.918.